The lowest BCUT2D eigenvalue weighted by molar-refractivity contribution is 0.986. The molecule has 5 heteroatoms. The van der Waals surface area contributed by atoms with Gasteiger partial charge in [0.05, 0.1) is 3.39 Å². The van der Waals surface area contributed by atoms with Gasteiger partial charge in [-0.1, -0.05) is 78.1 Å². The van der Waals surface area contributed by atoms with Crippen molar-refractivity contribution in [2.75, 3.05) is 0 Å². The van der Waals surface area contributed by atoms with E-state index in [1.165, 1.54) is 5.56 Å². The zero-order chi connectivity index (χ0) is 11.5. The number of halogens is 5. The van der Waals surface area contributed by atoms with Crippen molar-refractivity contribution in [1.82, 2.24) is 0 Å². The van der Waals surface area contributed by atoms with Crippen LogP contribution in [0, 0.1) is 0 Å². The summed E-state index contributed by atoms with van der Waals surface area (Å²) >= 11 is 17.5. The summed E-state index contributed by atoms with van der Waals surface area (Å²) in [6.07, 6.45) is 0.842. The highest BCUT2D eigenvalue weighted by molar-refractivity contribution is 9.29. The van der Waals surface area contributed by atoms with Crippen LogP contribution in [0.2, 0.25) is 0 Å². The molecule has 0 nitrogen and oxygen atoms in total. The molecule has 0 radical (unpaired) electrons. The van der Waals surface area contributed by atoms with Gasteiger partial charge in [-0.25, -0.2) is 0 Å². The van der Waals surface area contributed by atoms with E-state index in [1.54, 1.807) is 0 Å². The van der Waals surface area contributed by atoms with Crippen molar-refractivity contribution in [2.24, 2.45) is 0 Å². The summed E-state index contributed by atoms with van der Waals surface area (Å²) in [7, 11) is 0. The lowest BCUT2D eigenvalue weighted by Gasteiger charge is -2.20. The summed E-state index contributed by atoms with van der Waals surface area (Å²) in [4.78, 5) is 0. The zero-order valence-corrected chi connectivity index (χ0v) is 15.4. The third kappa shape index (κ3) is 4.62. The topological polar surface area (TPSA) is 0 Å². The van der Waals surface area contributed by atoms with Crippen LogP contribution < -0.4 is 0 Å². The molecule has 0 amide bonds. The van der Waals surface area contributed by atoms with Gasteiger partial charge < -0.3 is 0 Å². The molecule has 0 aliphatic heterocycles. The van der Waals surface area contributed by atoms with Gasteiger partial charge in [-0.3, -0.25) is 0 Å². The van der Waals surface area contributed by atoms with Crippen molar-refractivity contribution >= 4 is 79.6 Å². The largest absolute Gasteiger partial charge is 0.117 e. The Morgan fingerprint density at radius 1 is 1.00 bits per heavy atom. The molecule has 82 valence electrons. The molecular formula is C10H7Br5. The summed E-state index contributed by atoms with van der Waals surface area (Å²) in [5, 5.41) is 0. The van der Waals surface area contributed by atoms with Gasteiger partial charge in [0.15, 0.2) is 0 Å². The summed E-state index contributed by atoms with van der Waals surface area (Å²) < 4.78 is 1.59. The lowest BCUT2D eigenvalue weighted by Crippen LogP contribution is -2.15. The maximum absolute atomic E-state index is 3.64. The van der Waals surface area contributed by atoms with Crippen LogP contribution in [0.1, 0.15) is 5.56 Å². The Kier molecular flexibility index (Phi) is 6.09. The Bertz CT molecular complexity index is 351. The van der Waals surface area contributed by atoms with Crippen LogP contribution in [0.5, 0.6) is 0 Å². The second-order valence-electron chi connectivity index (χ2n) is 2.94. The van der Waals surface area contributed by atoms with Gasteiger partial charge >= 0.3 is 0 Å². The van der Waals surface area contributed by atoms with E-state index >= 15 is 0 Å². The van der Waals surface area contributed by atoms with Crippen molar-refractivity contribution in [2.45, 2.75) is 9.65 Å². The number of allylic oxidation sites excluding steroid dienone is 1. The standard InChI is InChI=1S/C10H7Br5/c11-8(9(12)13)10(14,15)6-7-4-2-1-3-5-7/h1-5H,6H2. The fraction of sp³-hybridized carbons (Fsp3) is 0.200. The average Bonchev–Trinajstić information content (AvgIpc) is 2.17. The third-order valence-electron chi connectivity index (χ3n) is 1.76. The Labute approximate surface area is 132 Å². The first-order valence-corrected chi connectivity index (χ1v) is 8.03. The minimum Gasteiger partial charge on any atom is -0.0664 e. The van der Waals surface area contributed by atoms with E-state index in [9.17, 15) is 0 Å². The molecule has 1 rings (SSSR count). The van der Waals surface area contributed by atoms with E-state index in [4.69, 9.17) is 0 Å². The van der Waals surface area contributed by atoms with Gasteiger partial charge in [-0.15, -0.1) is 0 Å². The van der Waals surface area contributed by atoms with Crippen LogP contribution in [-0.4, -0.2) is 3.23 Å². The molecule has 0 atom stereocenters. The van der Waals surface area contributed by atoms with Crippen LogP contribution in [0.3, 0.4) is 0 Å². The van der Waals surface area contributed by atoms with Crippen LogP contribution in [0.4, 0.5) is 0 Å². The van der Waals surface area contributed by atoms with Gasteiger partial charge in [0.2, 0.25) is 0 Å². The average molecular weight is 527 g/mol. The summed E-state index contributed by atoms with van der Waals surface area (Å²) in [6.45, 7) is 0. The van der Waals surface area contributed by atoms with Crippen molar-refractivity contribution in [3.63, 3.8) is 0 Å². The van der Waals surface area contributed by atoms with Crippen molar-refractivity contribution in [3.05, 3.63) is 43.8 Å². The van der Waals surface area contributed by atoms with Crippen LogP contribution in [0.25, 0.3) is 0 Å². The van der Waals surface area contributed by atoms with Gasteiger partial charge in [0, 0.05) is 10.9 Å². The van der Waals surface area contributed by atoms with Gasteiger partial charge in [-0.05, 0) is 37.4 Å². The van der Waals surface area contributed by atoms with E-state index in [-0.39, 0.29) is 3.23 Å². The van der Waals surface area contributed by atoms with E-state index in [1.807, 2.05) is 18.2 Å². The Morgan fingerprint density at radius 3 is 2.00 bits per heavy atom. The minimum absolute atomic E-state index is 0.288. The first-order valence-electron chi connectivity index (χ1n) is 4.06. The number of alkyl halides is 2. The molecule has 15 heavy (non-hydrogen) atoms. The molecular weight excluding hydrogens is 520 g/mol. The van der Waals surface area contributed by atoms with Crippen LogP contribution >= 0.6 is 79.6 Å². The minimum atomic E-state index is -0.288. The maximum Gasteiger partial charge on any atom is 0.117 e. The summed E-state index contributed by atoms with van der Waals surface area (Å²) in [6, 6.07) is 10.3. The number of benzene rings is 1. The molecule has 1 aromatic rings. The van der Waals surface area contributed by atoms with Crippen molar-refractivity contribution < 1.29 is 0 Å². The monoisotopic (exact) mass is 522 g/mol. The Balaban J connectivity index is 2.87. The fourth-order valence-corrected chi connectivity index (χ4v) is 3.99. The molecule has 0 aliphatic rings. The van der Waals surface area contributed by atoms with E-state index < -0.39 is 0 Å². The predicted molar refractivity (Wildman–Crippen MR) is 84.5 cm³/mol. The molecule has 0 heterocycles. The molecule has 0 unspecified atom stereocenters. The van der Waals surface area contributed by atoms with E-state index in [0.717, 1.165) is 14.3 Å². The highest BCUT2D eigenvalue weighted by Gasteiger charge is 2.28. The molecule has 0 bridgehead atoms. The van der Waals surface area contributed by atoms with E-state index in [0.29, 0.717) is 0 Å². The highest BCUT2D eigenvalue weighted by atomic mass is 79.9. The van der Waals surface area contributed by atoms with E-state index in [2.05, 4.69) is 91.8 Å². The smallest absolute Gasteiger partial charge is 0.0664 e. The molecule has 0 saturated heterocycles. The first-order chi connectivity index (χ1) is 6.93. The van der Waals surface area contributed by atoms with Crippen LogP contribution in [-0.2, 0) is 6.42 Å². The van der Waals surface area contributed by atoms with Crippen molar-refractivity contribution in [3.8, 4) is 0 Å². The normalized spacial score (nSPS) is 11.3. The Hall–Kier alpha value is 1.36. The highest BCUT2D eigenvalue weighted by Crippen LogP contribution is 2.45. The fourth-order valence-electron chi connectivity index (χ4n) is 1.07. The molecule has 0 aromatic heterocycles. The zero-order valence-electron chi connectivity index (χ0n) is 7.48. The van der Waals surface area contributed by atoms with Crippen LogP contribution in [0.15, 0.2) is 38.2 Å². The maximum atomic E-state index is 3.64. The first kappa shape index (κ1) is 14.4. The number of hydrogen-bond acceptors (Lipinski definition) is 0. The predicted octanol–water partition coefficient (Wildman–Crippen LogP) is 6.07. The second kappa shape index (κ2) is 6.34. The molecule has 1 aromatic carbocycles. The lowest BCUT2D eigenvalue weighted by atomic mass is 10.1. The molecule has 0 aliphatic carbocycles. The SMILES string of the molecule is BrC(Br)=C(Br)C(Br)(Br)Cc1ccccc1. The number of rotatable bonds is 3. The molecule has 0 saturated carbocycles. The Morgan fingerprint density at radius 2 is 1.53 bits per heavy atom. The second-order valence-corrected chi connectivity index (χ2v) is 10.2. The van der Waals surface area contributed by atoms with Gasteiger partial charge in [-0.2, -0.15) is 0 Å². The molecule has 0 fully saturated rings. The number of hydrogen-bond donors (Lipinski definition) is 0. The molecule has 0 spiro atoms. The quantitative estimate of drug-likeness (QED) is 0.420. The molecule has 0 N–H and O–H groups in total. The van der Waals surface area contributed by atoms with Gasteiger partial charge in [0.1, 0.15) is 3.23 Å². The third-order valence-corrected chi connectivity index (χ3v) is 7.10. The van der Waals surface area contributed by atoms with Gasteiger partial charge in [0.25, 0.3) is 0 Å². The summed E-state index contributed by atoms with van der Waals surface area (Å²) in [5.41, 5.74) is 1.25. The summed E-state index contributed by atoms with van der Waals surface area (Å²) in [5.74, 6) is 0. The van der Waals surface area contributed by atoms with Crippen molar-refractivity contribution in [1.29, 1.82) is 0 Å².